The van der Waals surface area contributed by atoms with E-state index < -0.39 is 0 Å². The molecule has 0 atom stereocenters. The van der Waals surface area contributed by atoms with E-state index in [-0.39, 0.29) is 5.91 Å². The number of likely N-dealkylation sites (N-methyl/N-ethyl adjacent to an activating group) is 1. The Morgan fingerprint density at radius 2 is 2.43 bits per heavy atom. The zero-order valence-corrected chi connectivity index (χ0v) is 13.8. The van der Waals surface area contributed by atoms with E-state index in [2.05, 4.69) is 15.4 Å². The largest absolute Gasteiger partial charge is 0.355 e. The fourth-order valence-electron chi connectivity index (χ4n) is 1.83. The SMILES string of the molecule is CCCNC(=O)CN(C)Cn1[nH]c(-c2cccs2)nc1=S. The summed E-state index contributed by atoms with van der Waals surface area (Å²) in [7, 11) is 1.87. The van der Waals surface area contributed by atoms with Crippen molar-refractivity contribution in [3.8, 4) is 10.7 Å². The van der Waals surface area contributed by atoms with Gasteiger partial charge in [-0.25, -0.2) is 4.68 Å². The van der Waals surface area contributed by atoms with Crippen LogP contribution in [0.4, 0.5) is 0 Å². The predicted molar refractivity (Wildman–Crippen MR) is 86.7 cm³/mol. The van der Waals surface area contributed by atoms with Crippen LogP contribution in [0, 0.1) is 4.77 Å². The van der Waals surface area contributed by atoms with Crippen LogP contribution in [-0.2, 0) is 11.5 Å². The topological polar surface area (TPSA) is 66.0 Å². The second kappa shape index (κ2) is 7.48. The summed E-state index contributed by atoms with van der Waals surface area (Å²) in [6, 6.07) is 3.96. The molecule has 2 rings (SSSR count). The predicted octanol–water partition coefficient (Wildman–Crippen LogP) is 2.08. The molecular formula is C13H19N5OS2. The summed E-state index contributed by atoms with van der Waals surface area (Å²) in [6.45, 7) is 3.56. The van der Waals surface area contributed by atoms with E-state index in [1.807, 2.05) is 36.4 Å². The van der Waals surface area contributed by atoms with E-state index in [1.54, 1.807) is 16.0 Å². The van der Waals surface area contributed by atoms with Crippen LogP contribution in [0.25, 0.3) is 10.7 Å². The van der Waals surface area contributed by atoms with Crippen molar-refractivity contribution in [2.45, 2.75) is 20.0 Å². The molecule has 114 valence electrons. The number of aromatic nitrogens is 3. The Bertz CT molecular complexity index is 631. The first-order valence-corrected chi connectivity index (χ1v) is 8.05. The molecule has 2 aromatic rings. The lowest BCUT2D eigenvalue weighted by Gasteiger charge is -2.16. The maximum absolute atomic E-state index is 11.7. The van der Waals surface area contributed by atoms with E-state index in [0.717, 1.165) is 17.1 Å². The van der Waals surface area contributed by atoms with Crippen molar-refractivity contribution in [3.05, 3.63) is 22.3 Å². The summed E-state index contributed by atoms with van der Waals surface area (Å²) in [4.78, 5) is 18.9. The Morgan fingerprint density at radius 3 is 3.10 bits per heavy atom. The van der Waals surface area contributed by atoms with E-state index in [0.29, 0.717) is 24.5 Å². The van der Waals surface area contributed by atoms with Crippen LogP contribution in [-0.4, -0.2) is 45.7 Å². The van der Waals surface area contributed by atoms with Gasteiger partial charge in [-0.3, -0.25) is 14.8 Å². The maximum Gasteiger partial charge on any atom is 0.234 e. The van der Waals surface area contributed by atoms with Gasteiger partial charge in [-0.1, -0.05) is 13.0 Å². The summed E-state index contributed by atoms with van der Waals surface area (Å²) < 4.78 is 2.25. The molecule has 0 unspecified atom stereocenters. The molecule has 2 heterocycles. The van der Waals surface area contributed by atoms with Crippen LogP contribution in [0.2, 0.25) is 0 Å². The van der Waals surface area contributed by atoms with Gasteiger partial charge in [-0.2, -0.15) is 4.98 Å². The maximum atomic E-state index is 11.7. The van der Waals surface area contributed by atoms with Gasteiger partial charge in [0, 0.05) is 6.54 Å². The molecule has 0 aliphatic rings. The third kappa shape index (κ3) is 4.48. The molecule has 0 aliphatic heterocycles. The van der Waals surface area contributed by atoms with Crippen LogP contribution in [0.3, 0.4) is 0 Å². The molecule has 0 saturated heterocycles. The minimum absolute atomic E-state index is 0.0175. The van der Waals surface area contributed by atoms with E-state index in [9.17, 15) is 4.79 Å². The van der Waals surface area contributed by atoms with Gasteiger partial charge >= 0.3 is 0 Å². The number of carbonyl (C=O) groups excluding carboxylic acids is 1. The van der Waals surface area contributed by atoms with Crippen LogP contribution in [0.5, 0.6) is 0 Å². The molecule has 0 aromatic carbocycles. The Balaban J connectivity index is 1.97. The number of amides is 1. The van der Waals surface area contributed by atoms with Gasteiger partial charge in [0.05, 0.1) is 18.1 Å². The van der Waals surface area contributed by atoms with E-state index in [1.165, 1.54) is 0 Å². The number of aromatic amines is 1. The van der Waals surface area contributed by atoms with Crippen LogP contribution >= 0.6 is 23.6 Å². The standard InChI is InChI=1S/C13H19N5OS2/c1-3-6-14-11(19)8-17(2)9-18-13(20)15-12(16-18)10-5-4-7-21-10/h4-5,7H,3,6,8-9H2,1-2H3,(H,14,19)(H,15,16,20). The third-order valence-corrected chi connectivity index (χ3v) is 3.99. The summed E-state index contributed by atoms with van der Waals surface area (Å²) in [6.07, 6.45) is 0.936. The van der Waals surface area contributed by atoms with Crippen molar-refractivity contribution >= 4 is 29.5 Å². The fraction of sp³-hybridized carbons (Fsp3) is 0.462. The number of nitrogens with zero attached hydrogens (tertiary/aromatic N) is 3. The minimum Gasteiger partial charge on any atom is -0.355 e. The summed E-state index contributed by atoms with van der Waals surface area (Å²) in [5.41, 5.74) is 0. The molecule has 0 aliphatic carbocycles. The lowest BCUT2D eigenvalue weighted by molar-refractivity contribution is -0.122. The number of H-pyrrole nitrogens is 1. The summed E-state index contributed by atoms with van der Waals surface area (Å²) in [5, 5.41) is 8.02. The Morgan fingerprint density at radius 1 is 1.62 bits per heavy atom. The average molecular weight is 325 g/mol. The van der Waals surface area contributed by atoms with E-state index >= 15 is 0 Å². The molecule has 1 amide bonds. The highest BCUT2D eigenvalue weighted by atomic mass is 32.1. The minimum atomic E-state index is 0.0175. The van der Waals surface area contributed by atoms with Gasteiger partial charge in [0.1, 0.15) is 0 Å². The lowest BCUT2D eigenvalue weighted by atomic mass is 10.4. The lowest BCUT2D eigenvalue weighted by Crippen LogP contribution is -2.36. The zero-order chi connectivity index (χ0) is 15.2. The van der Waals surface area contributed by atoms with Gasteiger partial charge < -0.3 is 5.32 Å². The Kier molecular flexibility index (Phi) is 5.66. The van der Waals surface area contributed by atoms with Gasteiger partial charge in [0.25, 0.3) is 0 Å². The van der Waals surface area contributed by atoms with Gasteiger partial charge in [0.2, 0.25) is 10.7 Å². The third-order valence-electron chi connectivity index (χ3n) is 2.80. The van der Waals surface area contributed by atoms with Gasteiger partial charge in [-0.05, 0) is 37.1 Å². The van der Waals surface area contributed by atoms with Crippen molar-refractivity contribution < 1.29 is 4.79 Å². The molecule has 0 saturated carbocycles. The highest BCUT2D eigenvalue weighted by Gasteiger charge is 2.10. The average Bonchev–Trinajstić information content (AvgIpc) is 3.07. The fourth-order valence-corrected chi connectivity index (χ4v) is 2.69. The summed E-state index contributed by atoms with van der Waals surface area (Å²) in [5.74, 6) is 0.780. The van der Waals surface area contributed by atoms with Crippen LogP contribution in [0.15, 0.2) is 17.5 Å². The number of nitrogens with one attached hydrogen (secondary N) is 2. The Labute approximate surface area is 132 Å². The summed E-state index contributed by atoms with van der Waals surface area (Å²) >= 11 is 6.85. The molecule has 21 heavy (non-hydrogen) atoms. The Hall–Kier alpha value is -1.51. The monoisotopic (exact) mass is 325 g/mol. The number of rotatable bonds is 7. The number of hydrogen-bond acceptors (Lipinski definition) is 5. The number of carbonyl (C=O) groups is 1. The normalized spacial score (nSPS) is 11.0. The quantitative estimate of drug-likeness (QED) is 0.765. The van der Waals surface area contributed by atoms with Crippen LogP contribution < -0.4 is 5.32 Å². The molecule has 2 aromatic heterocycles. The highest BCUT2D eigenvalue weighted by Crippen LogP contribution is 2.20. The number of thiophene rings is 1. The zero-order valence-electron chi connectivity index (χ0n) is 12.1. The molecule has 0 radical (unpaired) electrons. The van der Waals surface area contributed by atoms with Crippen molar-refractivity contribution in [1.29, 1.82) is 0 Å². The van der Waals surface area contributed by atoms with E-state index in [4.69, 9.17) is 12.2 Å². The molecular weight excluding hydrogens is 306 g/mol. The second-order valence-corrected chi connectivity index (χ2v) is 6.08. The smallest absolute Gasteiger partial charge is 0.234 e. The van der Waals surface area contributed by atoms with Gasteiger partial charge in [0.15, 0.2) is 5.82 Å². The van der Waals surface area contributed by atoms with Crippen molar-refractivity contribution in [3.63, 3.8) is 0 Å². The molecule has 0 bridgehead atoms. The molecule has 0 fully saturated rings. The highest BCUT2D eigenvalue weighted by molar-refractivity contribution is 7.71. The second-order valence-electron chi connectivity index (χ2n) is 4.77. The number of hydrogen-bond donors (Lipinski definition) is 2. The molecule has 8 heteroatoms. The molecule has 6 nitrogen and oxygen atoms in total. The van der Waals surface area contributed by atoms with Crippen LogP contribution in [0.1, 0.15) is 13.3 Å². The van der Waals surface area contributed by atoms with Crippen molar-refractivity contribution in [1.82, 2.24) is 25.0 Å². The van der Waals surface area contributed by atoms with Gasteiger partial charge in [-0.15, -0.1) is 11.3 Å². The van der Waals surface area contributed by atoms with Crippen molar-refractivity contribution in [2.24, 2.45) is 0 Å². The van der Waals surface area contributed by atoms with Crippen molar-refractivity contribution in [2.75, 3.05) is 20.1 Å². The first-order chi connectivity index (χ1) is 10.1. The first-order valence-electron chi connectivity index (χ1n) is 6.76. The molecule has 2 N–H and O–H groups in total. The molecule has 0 spiro atoms. The first kappa shape index (κ1) is 15.9.